The van der Waals surface area contributed by atoms with Crippen molar-refractivity contribution in [1.82, 2.24) is 4.90 Å². The van der Waals surface area contributed by atoms with Gasteiger partial charge in [-0.25, -0.2) is 0 Å². The largest absolute Gasteiger partial charge is 0.497 e. The molecule has 176 valence electrons. The summed E-state index contributed by atoms with van der Waals surface area (Å²) in [6, 6.07) is 23.0. The highest BCUT2D eigenvalue weighted by Crippen LogP contribution is 2.39. The maximum Gasteiger partial charge on any atom is 0.324 e. The Morgan fingerprint density at radius 3 is 1.47 bits per heavy atom. The first kappa shape index (κ1) is 24.3. The zero-order valence-electron chi connectivity index (χ0n) is 18.0. The smallest absolute Gasteiger partial charge is 0.324 e. The van der Waals surface area contributed by atoms with Crippen molar-refractivity contribution in [1.29, 1.82) is 0 Å². The Morgan fingerprint density at radius 2 is 1.12 bits per heavy atom. The highest BCUT2D eigenvalue weighted by atomic mass is 16.6. The number of non-ortho nitro benzene ring substituents is 1. The van der Waals surface area contributed by atoms with E-state index in [1.165, 1.54) is 37.1 Å². The van der Waals surface area contributed by atoms with Crippen LogP contribution in [0.3, 0.4) is 0 Å². The van der Waals surface area contributed by atoms with Crippen molar-refractivity contribution in [3.63, 3.8) is 0 Å². The van der Waals surface area contributed by atoms with Crippen LogP contribution >= 0.6 is 0 Å². The SMILES string of the molecule is O=[N+]([O-])c1cc([N+](=O)[O-])c(O)c([N+](=O)[O-])c1.c1ccc(C(c2ccccc2)N2CCCC2)cc1. The lowest BCUT2D eigenvalue weighted by molar-refractivity contribution is -0.404. The third-order valence-electron chi connectivity index (χ3n) is 5.40. The maximum absolute atomic E-state index is 10.4. The molecule has 0 atom stereocenters. The van der Waals surface area contributed by atoms with E-state index in [2.05, 4.69) is 65.6 Å². The van der Waals surface area contributed by atoms with Gasteiger partial charge >= 0.3 is 11.4 Å². The van der Waals surface area contributed by atoms with Crippen molar-refractivity contribution < 1.29 is 19.9 Å². The van der Waals surface area contributed by atoms with Crippen LogP contribution < -0.4 is 0 Å². The van der Waals surface area contributed by atoms with Crippen molar-refractivity contribution in [2.45, 2.75) is 18.9 Å². The Balaban J connectivity index is 0.000000192. The first-order chi connectivity index (χ1) is 16.3. The van der Waals surface area contributed by atoms with Crippen LogP contribution in [0.15, 0.2) is 72.8 Å². The molecule has 0 saturated carbocycles. The molecule has 0 unspecified atom stereocenters. The number of benzene rings is 3. The number of nitrogens with zero attached hydrogens (tertiary/aromatic N) is 4. The molecule has 1 fully saturated rings. The molecule has 0 amide bonds. The Labute approximate surface area is 194 Å². The van der Waals surface area contributed by atoms with Crippen LogP contribution in [-0.4, -0.2) is 37.9 Å². The van der Waals surface area contributed by atoms with Gasteiger partial charge in [0.05, 0.1) is 32.9 Å². The minimum Gasteiger partial charge on any atom is -0.497 e. The number of aromatic hydroxyl groups is 1. The van der Waals surface area contributed by atoms with E-state index in [0.717, 1.165) is 0 Å². The predicted octanol–water partition coefficient (Wildman–Crippen LogP) is 4.99. The zero-order chi connectivity index (χ0) is 24.7. The summed E-state index contributed by atoms with van der Waals surface area (Å²) in [5.41, 5.74) is -0.186. The predicted molar refractivity (Wildman–Crippen MR) is 124 cm³/mol. The molecule has 0 aliphatic carbocycles. The second-order valence-corrected chi connectivity index (χ2v) is 7.57. The summed E-state index contributed by atoms with van der Waals surface area (Å²) in [6.45, 7) is 2.43. The summed E-state index contributed by atoms with van der Waals surface area (Å²) in [5.74, 6) is -1.21. The van der Waals surface area contributed by atoms with E-state index in [0.29, 0.717) is 18.2 Å². The van der Waals surface area contributed by atoms with Gasteiger partial charge in [0.2, 0.25) is 0 Å². The average Bonchev–Trinajstić information content (AvgIpc) is 3.35. The van der Waals surface area contributed by atoms with Gasteiger partial charge < -0.3 is 5.11 Å². The molecule has 0 aromatic heterocycles. The van der Waals surface area contributed by atoms with Crippen molar-refractivity contribution in [3.05, 3.63) is 114 Å². The summed E-state index contributed by atoms with van der Waals surface area (Å²) in [4.78, 5) is 30.4. The van der Waals surface area contributed by atoms with Gasteiger partial charge in [-0.1, -0.05) is 60.7 Å². The molecule has 11 nitrogen and oxygen atoms in total. The van der Waals surface area contributed by atoms with Crippen LogP contribution in [-0.2, 0) is 0 Å². The summed E-state index contributed by atoms with van der Waals surface area (Å²) in [7, 11) is 0. The molecule has 1 saturated heterocycles. The molecule has 3 aromatic carbocycles. The van der Waals surface area contributed by atoms with E-state index in [4.69, 9.17) is 5.11 Å². The highest BCUT2D eigenvalue weighted by molar-refractivity contribution is 5.64. The van der Waals surface area contributed by atoms with Crippen LogP contribution in [0.4, 0.5) is 17.1 Å². The van der Waals surface area contributed by atoms with Gasteiger partial charge in [0.25, 0.3) is 11.4 Å². The van der Waals surface area contributed by atoms with E-state index in [1.54, 1.807) is 0 Å². The monoisotopic (exact) mass is 466 g/mol. The van der Waals surface area contributed by atoms with Crippen molar-refractivity contribution in [2.75, 3.05) is 13.1 Å². The molecule has 4 rings (SSSR count). The lowest BCUT2D eigenvalue weighted by atomic mass is 9.97. The van der Waals surface area contributed by atoms with E-state index < -0.39 is 37.6 Å². The molecule has 11 heteroatoms. The summed E-state index contributed by atoms with van der Waals surface area (Å²) >= 11 is 0. The number of phenols is 1. The summed E-state index contributed by atoms with van der Waals surface area (Å²) in [6.07, 6.45) is 2.66. The third-order valence-corrected chi connectivity index (χ3v) is 5.40. The first-order valence-corrected chi connectivity index (χ1v) is 10.4. The molecule has 0 spiro atoms. The molecule has 1 N–H and O–H groups in total. The Kier molecular flexibility index (Phi) is 7.83. The molecular weight excluding hydrogens is 444 g/mol. The maximum atomic E-state index is 10.4. The first-order valence-electron chi connectivity index (χ1n) is 10.4. The van der Waals surface area contributed by atoms with Crippen molar-refractivity contribution in [3.8, 4) is 5.75 Å². The number of phenolic OH excluding ortho intramolecular Hbond substituents is 1. The fourth-order valence-corrected chi connectivity index (χ4v) is 3.86. The molecule has 3 aromatic rings. The topological polar surface area (TPSA) is 153 Å². The van der Waals surface area contributed by atoms with E-state index in [1.807, 2.05) is 0 Å². The molecule has 1 heterocycles. The van der Waals surface area contributed by atoms with Gasteiger partial charge in [0.1, 0.15) is 0 Å². The van der Waals surface area contributed by atoms with Crippen LogP contribution in [0.25, 0.3) is 0 Å². The quantitative estimate of drug-likeness (QED) is 0.394. The second kappa shape index (κ2) is 11.0. The molecule has 34 heavy (non-hydrogen) atoms. The molecule has 0 bridgehead atoms. The number of hydrogen-bond acceptors (Lipinski definition) is 8. The lowest BCUT2D eigenvalue weighted by Crippen LogP contribution is -2.26. The van der Waals surface area contributed by atoms with Gasteiger partial charge in [-0.3, -0.25) is 35.2 Å². The number of hydrogen-bond donors (Lipinski definition) is 1. The van der Waals surface area contributed by atoms with Crippen LogP contribution in [0.5, 0.6) is 5.75 Å². The number of rotatable bonds is 6. The Morgan fingerprint density at radius 1 is 0.706 bits per heavy atom. The van der Waals surface area contributed by atoms with E-state index in [-0.39, 0.29) is 0 Å². The van der Waals surface area contributed by atoms with E-state index in [9.17, 15) is 30.3 Å². The summed E-state index contributed by atoms with van der Waals surface area (Å²) < 4.78 is 0. The van der Waals surface area contributed by atoms with Gasteiger partial charge in [-0.15, -0.1) is 0 Å². The Hall–Kier alpha value is -4.38. The lowest BCUT2D eigenvalue weighted by Gasteiger charge is -2.28. The molecule has 0 radical (unpaired) electrons. The molecule has 1 aliphatic rings. The van der Waals surface area contributed by atoms with Crippen LogP contribution in [0.1, 0.15) is 30.0 Å². The normalized spacial score (nSPS) is 13.2. The van der Waals surface area contributed by atoms with E-state index >= 15 is 0 Å². The molecular formula is C23H22N4O7. The highest BCUT2D eigenvalue weighted by Gasteiger charge is 2.30. The Bertz CT molecular complexity index is 1090. The van der Waals surface area contributed by atoms with Crippen molar-refractivity contribution in [2.24, 2.45) is 0 Å². The third kappa shape index (κ3) is 5.70. The minimum absolute atomic E-state index is 0.426. The number of nitro groups is 3. The second-order valence-electron chi connectivity index (χ2n) is 7.57. The standard InChI is InChI=1S/C17H19N.C6H3N3O7/c1-3-9-15(10-4-1)17(18-13-7-8-14-18)16-11-5-2-6-12-16;10-6-4(8(13)14)1-3(7(11)12)2-5(6)9(15)16/h1-6,9-12,17H,7-8,13-14H2;1-2,10H. The number of nitro benzene ring substituents is 3. The van der Waals surface area contributed by atoms with Crippen molar-refractivity contribution >= 4 is 17.1 Å². The van der Waals surface area contributed by atoms with Gasteiger partial charge in [0, 0.05) is 0 Å². The molecule has 1 aliphatic heterocycles. The summed E-state index contributed by atoms with van der Waals surface area (Å²) in [5, 5.41) is 40.2. The van der Waals surface area contributed by atoms with Crippen LogP contribution in [0.2, 0.25) is 0 Å². The average molecular weight is 466 g/mol. The van der Waals surface area contributed by atoms with Gasteiger partial charge in [-0.05, 0) is 37.1 Å². The van der Waals surface area contributed by atoms with Crippen LogP contribution in [0, 0.1) is 30.3 Å². The minimum atomic E-state index is -1.21. The zero-order valence-corrected chi connectivity index (χ0v) is 18.0. The number of likely N-dealkylation sites (tertiary alicyclic amines) is 1. The van der Waals surface area contributed by atoms with Gasteiger partial charge in [-0.2, -0.15) is 0 Å². The van der Waals surface area contributed by atoms with Gasteiger partial charge in [0.15, 0.2) is 0 Å². The fraction of sp³-hybridized carbons (Fsp3) is 0.217. The fourth-order valence-electron chi connectivity index (χ4n) is 3.86.